The van der Waals surface area contributed by atoms with Gasteiger partial charge in [-0.15, -0.1) is 0 Å². The lowest BCUT2D eigenvalue weighted by atomic mass is 10.1. The van der Waals surface area contributed by atoms with E-state index >= 15 is 0 Å². The van der Waals surface area contributed by atoms with Crippen LogP contribution in [-0.4, -0.2) is 43.8 Å². The van der Waals surface area contributed by atoms with Crippen LogP contribution in [0.5, 0.6) is 0 Å². The van der Waals surface area contributed by atoms with E-state index in [0.29, 0.717) is 16.8 Å². The molecule has 238 valence electrons. The third kappa shape index (κ3) is 8.32. The number of aryl methyl sites for hydroxylation is 2. The highest BCUT2D eigenvalue weighted by molar-refractivity contribution is 7.92. The summed E-state index contributed by atoms with van der Waals surface area (Å²) in [5.41, 5.74) is 0.696. The van der Waals surface area contributed by atoms with Gasteiger partial charge in [0.05, 0.1) is 21.2 Å². The number of nitrogens with one attached hydrogen (secondary N) is 1. The molecule has 0 unspecified atom stereocenters. The highest BCUT2D eigenvalue weighted by Gasteiger charge is 2.37. The Morgan fingerprint density at radius 3 is 2.16 bits per heavy atom. The van der Waals surface area contributed by atoms with Gasteiger partial charge in [0.15, 0.2) is 0 Å². The first-order chi connectivity index (χ1) is 20.6. The summed E-state index contributed by atoms with van der Waals surface area (Å²) in [6, 6.07) is 14.5. The zero-order valence-electron chi connectivity index (χ0n) is 25.3. The molecule has 0 bridgehead atoms. The van der Waals surface area contributed by atoms with Crippen LogP contribution in [0.15, 0.2) is 71.6 Å². The van der Waals surface area contributed by atoms with E-state index < -0.39 is 56.9 Å². The molecule has 0 aliphatic carbocycles. The number of halogens is 4. The van der Waals surface area contributed by atoms with Crippen molar-refractivity contribution in [3.63, 3.8) is 0 Å². The third-order valence-electron chi connectivity index (χ3n) is 7.42. The fourth-order valence-electron chi connectivity index (χ4n) is 4.58. The Bertz CT molecular complexity index is 1580. The van der Waals surface area contributed by atoms with Gasteiger partial charge in [-0.3, -0.25) is 13.9 Å². The lowest BCUT2D eigenvalue weighted by Crippen LogP contribution is -2.53. The molecule has 1 N–H and O–H groups in total. The second kappa shape index (κ2) is 14.5. The second-order valence-electron chi connectivity index (χ2n) is 10.7. The van der Waals surface area contributed by atoms with E-state index in [1.165, 1.54) is 17.0 Å². The number of hydrogen-bond donors (Lipinski definition) is 1. The van der Waals surface area contributed by atoms with Crippen LogP contribution in [0.4, 0.5) is 18.9 Å². The fourth-order valence-corrected chi connectivity index (χ4v) is 6.21. The van der Waals surface area contributed by atoms with Crippen molar-refractivity contribution >= 4 is 39.1 Å². The number of alkyl halides is 3. The molecule has 44 heavy (non-hydrogen) atoms. The Kier molecular flexibility index (Phi) is 11.5. The summed E-state index contributed by atoms with van der Waals surface area (Å²) in [6.07, 6.45) is -4.02. The summed E-state index contributed by atoms with van der Waals surface area (Å²) < 4.78 is 70.1. The summed E-state index contributed by atoms with van der Waals surface area (Å²) in [7, 11) is -4.56. The molecule has 0 aromatic heterocycles. The number of anilines is 1. The van der Waals surface area contributed by atoms with Crippen LogP contribution in [0.25, 0.3) is 0 Å². The monoisotopic (exact) mass is 651 g/mol. The van der Waals surface area contributed by atoms with Gasteiger partial charge in [-0.2, -0.15) is 13.2 Å². The largest absolute Gasteiger partial charge is 0.417 e. The van der Waals surface area contributed by atoms with Crippen LogP contribution in [0.1, 0.15) is 55.9 Å². The summed E-state index contributed by atoms with van der Waals surface area (Å²) >= 11 is 5.84. The number of nitrogens with zero attached hydrogens (tertiary/aromatic N) is 2. The first kappa shape index (κ1) is 34.9. The lowest BCUT2D eigenvalue weighted by molar-refractivity contribution is -0.140. The minimum Gasteiger partial charge on any atom is -0.352 e. The smallest absolute Gasteiger partial charge is 0.352 e. The topological polar surface area (TPSA) is 86.8 Å². The van der Waals surface area contributed by atoms with Crippen molar-refractivity contribution in [3.05, 3.63) is 94.0 Å². The van der Waals surface area contributed by atoms with Crippen molar-refractivity contribution in [1.82, 2.24) is 10.2 Å². The number of sulfonamides is 1. The molecule has 12 heteroatoms. The molecular weight excluding hydrogens is 615 g/mol. The Morgan fingerprint density at radius 2 is 1.59 bits per heavy atom. The maximum Gasteiger partial charge on any atom is 0.417 e. The van der Waals surface area contributed by atoms with Gasteiger partial charge in [-0.1, -0.05) is 67.4 Å². The molecule has 0 radical (unpaired) electrons. The van der Waals surface area contributed by atoms with Crippen molar-refractivity contribution in [1.29, 1.82) is 0 Å². The SMILES string of the molecule is CC[C@@H](C)NC(=O)[C@H](CC)N(Cc1ccccc1C)C(=O)CN(c1ccc(Cl)c(C(F)(F)F)c1)S(=O)(=O)c1ccc(C)cc1. The normalized spacial score (nSPS) is 13.2. The minimum atomic E-state index is -4.88. The number of rotatable bonds is 12. The van der Waals surface area contributed by atoms with Crippen molar-refractivity contribution in [3.8, 4) is 0 Å². The van der Waals surface area contributed by atoms with E-state index in [0.717, 1.165) is 28.8 Å². The quantitative estimate of drug-likeness (QED) is 0.231. The molecule has 0 aliphatic heterocycles. The molecule has 3 aromatic carbocycles. The van der Waals surface area contributed by atoms with E-state index in [1.54, 1.807) is 38.1 Å². The van der Waals surface area contributed by atoms with Crippen LogP contribution in [-0.2, 0) is 32.3 Å². The number of carbonyl (C=O) groups is 2. The maximum atomic E-state index is 14.2. The average Bonchev–Trinajstić information content (AvgIpc) is 2.96. The molecule has 0 heterocycles. The van der Waals surface area contributed by atoms with Crippen LogP contribution < -0.4 is 9.62 Å². The first-order valence-corrected chi connectivity index (χ1v) is 16.0. The molecular formula is C32H37ClF3N3O4S. The predicted molar refractivity (Wildman–Crippen MR) is 166 cm³/mol. The summed E-state index contributed by atoms with van der Waals surface area (Å²) in [4.78, 5) is 28.6. The molecule has 0 fully saturated rings. The zero-order chi connectivity index (χ0) is 32.8. The van der Waals surface area contributed by atoms with Gasteiger partial charge in [0.1, 0.15) is 12.6 Å². The first-order valence-electron chi connectivity index (χ1n) is 14.2. The van der Waals surface area contributed by atoms with E-state index in [1.807, 2.05) is 32.9 Å². The van der Waals surface area contributed by atoms with Crippen LogP contribution >= 0.6 is 11.6 Å². The average molecular weight is 652 g/mol. The molecule has 0 spiro atoms. The van der Waals surface area contributed by atoms with Crippen molar-refractivity contribution in [2.24, 2.45) is 0 Å². The Hall–Kier alpha value is -3.57. The van der Waals surface area contributed by atoms with Crippen LogP contribution in [0.3, 0.4) is 0 Å². The minimum absolute atomic E-state index is 0.0230. The number of carbonyl (C=O) groups excluding carboxylic acids is 2. The van der Waals surface area contributed by atoms with Crippen LogP contribution in [0, 0.1) is 13.8 Å². The Labute approximate surface area is 262 Å². The summed E-state index contributed by atoms with van der Waals surface area (Å²) in [6.45, 7) is 8.17. The van der Waals surface area contributed by atoms with Gasteiger partial charge in [-0.05, 0) is 75.1 Å². The fraction of sp³-hybridized carbons (Fsp3) is 0.375. The van der Waals surface area contributed by atoms with Gasteiger partial charge in [0.25, 0.3) is 10.0 Å². The summed E-state index contributed by atoms with van der Waals surface area (Å²) in [5.74, 6) is -1.18. The molecule has 2 amide bonds. The number of amides is 2. The number of hydrogen-bond acceptors (Lipinski definition) is 4. The summed E-state index contributed by atoms with van der Waals surface area (Å²) in [5, 5.41) is 2.27. The lowest BCUT2D eigenvalue weighted by Gasteiger charge is -2.34. The van der Waals surface area contributed by atoms with Crippen molar-refractivity contribution in [2.75, 3.05) is 10.8 Å². The zero-order valence-corrected chi connectivity index (χ0v) is 26.9. The molecule has 3 rings (SSSR count). The standard InChI is InChI=1S/C32H37ClF3N3O4S/c1-6-23(5)37-31(41)29(7-2)38(19-24-11-9-8-10-22(24)4)30(40)20-39(44(42,43)26-15-12-21(3)13-16-26)25-14-17-28(33)27(18-25)32(34,35)36/h8-18,23,29H,6-7,19-20H2,1-5H3,(H,37,41)/t23-,29+/m1/s1. The number of benzene rings is 3. The van der Waals surface area contributed by atoms with Crippen LogP contribution in [0.2, 0.25) is 5.02 Å². The highest BCUT2D eigenvalue weighted by Crippen LogP contribution is 2.38. The van der Waals surface area contributed by atoms with Gasteiger partial charge in [0, 0.05) is 12.6 Å². The van der Waals surface area contributed by atoms with E-state index in [2.05, 4.69) is 5.32 Å². The molecule has 3 aromatic rings. The maximum absolute atomic E-state index is 14.2. The van der Waals surface area contributed by atoms with Gasteiger partial charge >= 0.3 is 6.18 Å². The highest BCUT2D eigenvalue weighted by atomic mass is 35.5. The van der Waals surface area contributed by atoms with E-state index in [9.17, 15) is 31.2 Å². The second-order valence-corrected chi connectivity index (χ2v) is 12.9. The van der Waals surface area contributed by atoms with Gasteiger partial charge in [-0.25, -0.2) is 8.42 Å². The van der Waals surface area contributed by atoms with Crippen molar-refractivity contribution < 1.29 is 31.2 Å². The predicted octanol–water partition coefficient (Wildman–Crippen LogP) is 6.89. The van der Waals surface area contributed by atoms with Crippen molar-refractivity contribution in [2.45, 2.75) is 77.2 Å². The van der Waals surface area contributed by atoms with E-state index in [-0.39, 0.29) is 23.9 Å². The Balaban J connectivity index is 2.16. The Morgan fingerprint density at radius 1 is 0.955 bits per heavy atom. The van der Waals surface area contributed by atoms with E-state index in [4.69, 9.17) is 11.6 Å². The molecule has 0 aliphatic rings. The molecule has 0 saturated carbocycles. The van der Waals surface area contributed by atoms with Gasteiger partial charge in [0.2, 0.25) is 11.8 Å². The molecule has 0 saturated heterocycles. The molecule has 2 atom stereocenters. The third-order valence-corrected chi connectivity index (χ3v) is 9.54. The van der Waals surface area contributed by atoms with Gasteiger partial charge < -0.3 is 10.2 Å². The molecule has 7 nitrogen and oxygen atoms in total.